The van der Waals surface area contributed by atoms with E-state index in [-0.39, 0.29) is 48.9 Å². The van der Waals surface area contributed by atoms with Crippen LogP contribution in [0.1, 0.15) is 78.5 Å². The molecule has 2 aromatic heterocycles. The van der Waals surface area contributed by atoms with Gasteiger partial charge in [0.2, 0.25) is 0 Å². The first-order valence-corrected chi connectivity index (χ1v) is 19.1. The summed E-state index contributed by atoms with van der Waals surface area (Å²) in [6.45, 7) is 19.7. The van der Waals surface area contributed by atoms with Crippen LogP contribution in [0.25, 0.3) is 32.8 Å². The molecule has 0 saturated heterocycles. The molecule has 0 spiro atoms. The molecule has 2 aromatic carbocycles. The third-order valence-electron chi connectivity index (χ3n) is 8.89. The second-order valence-corrected chi connectivity index (χ2v) is 18.1. The Morgan fingerprint density at radius 2 is 1.58 bits per heavy atom. The van der Waals surface area contributed by atoms with Gasteiger partial charge in [-0.25, -0.2) is 0 Å². The van der Waals surface area contributed by atoms with E-state index in [1.165, 1.54) is 33.1 Å². The van der Waals surface area contributed by atoms with E-state index < -0.39 is 8.07 Å². The van der Waals surface area contributed by atoms with Crippen molar-refractivity contribution in [1.82, 2.24) is 9.97 Å². The molecule has 0 saturated carbocycles. The Balaban J connectivity index is 0.000000274. The van der Waals surface area contributed by atoms with Crippen LogP contribution < -0.4 is 5.32 Å². The number of fused-ring (bicyclic) bond motifs is 3. The van der Waals surface area contributed by atoms with Crippen molar-refractivity contribution in [2.75, 3.05) is 0 Å². The molecular formula is C37H47IrN2O2Si-. The van der Waals surface area contributed by atoms with Gasteiger partial charge in [-0.1, -0.05) is 95.9 Å². The maximum absolute atomic E-state index is 11.7. The maximum Gasteiger partial charge on any atom is 0.162 e. The van der Waals surface area contributed by atoms with Crippen molar-refractivity contribution in [3.63, 3.8) is 0 Å². The second kappa shape index (κ2) is 14.0. The number of carbonyl (C=O) groups is 1. The van der Waals surface area contributed by atoms with Crippen molar-refractivity contribution in [1.29, 1.82) is 0 Å². The van der Waals surface area contributed by atoms with Crippen molar-refractivity contribution in [3.8, 4) is 11.3 Å². The molecule has 1 N–H and O–H groups in total. The van der Waals surface area contributed by atoms with Gasteiger partial charge in [0.25, 0.3) is 0 Å². The number of pyridine rings is 2. The van der Waals surface area contributed by atoms with Crippen LogP contribution in [0.5, 0.6) is 0 Å². The molecule has 2 heterocycles. The number of allylic oxidation sites excluding steroid dienone is 2. The summed E-state index contributed by atoms with van der Waals surface area (Å²) in [5.74, 6) is 0.547. The number of carbonyl (C=O) groups excluding carboxylic acids is 1. The average Bonchev–Trinajstić information content (AvgIpc) is 2.96. The normalized spacial score (nSPS) is 13.9. The molecule has 43 heavy (non-hydrogen) atoms. The van der Waals surface area contributed by atoms with Gasteiger partial charge in [0.1, 0.15) is 8.07 Å². The number of aliphatic hydroxyl groups excluding tert-OH is 1. The summed E-state index contributed by atoms with van der Waals surface area (Å²) in [6.07, 6.45) is 6.84. The Bertz CT molecular complexity index is 1630. The zero-order valence-electron chi connectivity index (χ0n) is 27.3. The van der Waals surface area contributed by atoms with Crippen LogP contribution in [0.15, 0.2) is 60.5 Å². The molecular weight excluding hydrogens is 725 g/mol. The molecule has 5 rings (SSSR count). The van der Waals surface area contributed by atoms with Gasteiger partial charge < -0.3 is 5.11 Å². The van der Waals surface area contributed by atoms with Gasteiger partial charge in [0.05, 0.1) is 5.76 Å². The molecule has 4 nitrogen and oxygen atoms in total. The number of hydrogen-bond donors (Lipinski definition) is 1. The van der Waals surface area contributed by atoms with E-state index in [1.807, 2.05) is 33.9 Å². The Hall–Kier alpha value is -2.66. The topological polar surface area (TPSA) is 63.1 Å². The Morgan fingerprint density at radius 1 is 0.953 bits per heavy atom. The van der Waals surface area contributed by atoms with Crippen molar-refractivity contribution in [2.45, 2.75) is 92.3 Å². The van der Waals surface area contributed by atoms with Crippen molar-refractivity contribution < 1.29 is 30.0 Å². The number of nitrogens with zero attached hydrogens (tertiary/aromatic N) is 2. The number of rotatable bonds is 8. The first kappa shape index (κ1) is 34.8. The summed E-state index contributed by atoms with van der Waals surface area (Å²) in [4.78, 5) is 21.7. The summed E-state index contributed by atoms with van der Waals surface area (Å²) in [5, 5.41) is 15.8. The SMILES string of the molecule is CC1(C)c2cc3ccccc3[c-]c2-c2nccc3cc([Si](C)(C)C)nc1c23.CCC(CC)C(=O)/C=C(\O)C(CC)CC.[Ir]. The molecule has 1 radical (unpaired) electrons. The molecule has 1 aliphatic carbocycles. The van der Waals surface area contributed by atoms with Gasteiger partial charge in [-0.15, -0.1) is 23.6 Å². The molecule has 0 fully saturated rings. The predicted octanol–water partition coefficient (Wildman–Crippen LogP) is 9.30. The second-order valence-electron chi connectivity index (χ2n) is 13.1. The van der Waals surface area contributed by atoms with Crippen LogP contribution in [0.2, 0.25) is 19.6 Å². The van der Waals surface area contributed by atoms with Crippen LogP contribution in [0, 0.1) is 17.9 Å². The summed E-state index contributed by atoms with van der Waals surface area (Å²) in [7, 11) is -1.53. The van der Waals surface area contributed by atoms with Gasteiger partial charge in [-0.3, -0.25) is 14.8 Å². The van der Waals surface area contributed by atoms with Gasteiger partial charge in [-0.2, -0.15) is 0 Å². The van der Waals surface area contributed by atoms with Gasteiger partial charge in [-0.05, 0) is 48.6 Å². The van der Waals surface area contributed by atoms with E-state index in [2.05, 4.69) is 82.0 Å². The summed E-state index contributed by atoms with van der Waals surface area (Å²) < 4.78 is 0. The number of benzene rings is 2. The summed E-state index contributed by atoms with van der Waals surface area (Å²) in [6, 6.07) is 18.9. The zero-order valence-corrected chi connectivity index (χ0v) is 30.7. The van der Waals surface area contributed by atoms with E-state index in [4.69, 9.17) is 9.97 Å². The van der Waals surface area contributed by atoms with E-state index in [1.54, 1.807) is 0 Å². The summed E-state index contributed by atoms with van der Waals surface area (Å²) in [5.41, 5.74) is 4.40. The van der Waals surface area contributed by atoms with Crippen LogP contribution in [0.3, 0.4) is 0 Å². The fourth-order valence-corrected chi connectivity index (χ4v) is 7.02. The van der Waals surface area contributed by atoms with E-state index >= 15 is 0 Å². The van der Waals surface area contributed by atoms with Crippen molar-refractivity contribution >= 4 is 40.7 Å². The number of ketones is 1. The van der Waals surface area contributed by atoms with Gasteiger partial charge in [0, 0.05) is 66.3 Å². The van der Waals surface area contributed by atoms with Crippen molar-refractivity contribution in [2.24, 2.45) is 11.8 Å². The predicted molar refractivity (Wildman–Crippen MR) is 180 cm³/mol. The van der Waals surface area contributed by atoms with Crippen LogP contribution in [-0.2, 0) is 30.3 Å². The van der Waals surface area contributed by atoms with Crippen molar-refractivity contribution in [3.05, 3.63) is 77.8 Å². The van der Waals surface area contributed by atoms with Crippen LogP contribution >= 0.6 is 0 Å². The largest absolute Gasteiger partial charge is 0.512 e. The molecule has 4 aromatic rings. The molecule has 231 valence electrons. The Labute approximate surface area is 272 Å². The quantitative estimate of drug-likeness (QED) is 0.0840. The third kappa shape index (κ3) is 7.03. The Kier molecular flexibility index (Phi) is 11.3. The fourth-order valence-electron chi connectivity index (χ4n) is 5.98. The molecule has 0 unspecified atom stereocenters. The van der Waals surface area contributed by atoms with Crippen LogP contribution in [-0.4, -0.2) is 28.9 Å². The fraction of sp³-hybridized carbons (Fsp3) is 0.432. The average molecular weight is 772 g/mol. The smallest absolute Gasteiger partial charge is 0.162 e. The minimum atomic E-state index is -1.53. The molecule has 0 amide bonds. The number of aliphatic hydroxyl groups is 1. The first-order valence-electron chi connectivity index (χ1n) is 15.6. The maximum atomic E-state index is 11.7. The minimum Gasteiger partial charge on any atom is -0.512 e. The van der Waals surface area contributed by atoms with Gasteiger partial charge >= 0.3 is 0 Å². The van der Waals surface area contributed by atoms with Crippen LogP contribution in [0.4, 0.5) is 0 Å². The van der Waals surface area contributed by atoms with E-state index in [0.717, 1.165) is 48.0 Å². The van der Waals surface area contributed by atoms with E-state index in [0.29, 0.717) is 0 Å². The van der Waals surface area contributed by atoms with E-state index in [9.17, 15) is 9.90 Å². The number of hydrogen-bond acceptors (Lipinski definition) is 4. The standard InChI is InChI=1S/C24H23N2Si.C13H24O2.Ir/c1-24(2)19-13-16-9-7-6-8-15(16)12-18(19)22-21-17(10-11-25-22)14-20(26-23(21)24)27(3,4)5;1-5-10(6-2)12(14)9-13(15)11(7-3)8-4;/h6-11,13-14H,1-5H3;9-11,14H,5-8H2,1-4H3;/q-1;;/b;12-9-;. The molecule has 0 bridgehead atoms. The molecule has 0 atom stereocenters. The molecule has 0 aliphatic heterocycles. The third-order valence-corrected chi connectivity index (χ3v) is 10.7. The first-order chi connectivity index (χ1) is 19.9. The monoisotopic (exact) mass is 772 g/mol. The van der Waals surface area contributed by atoms with Gasteiger partial charge in [0.15, 0.2) is 5.78 Å². The molecule has 6 heteroatoms. The number of aromatic nitrogens is 2. The minimum absolute atomic E-state index is 0. The zero-order chi connectivity index (χ0) is 30.8. The molecule has 1 aliphatic rings. The summed E-state index contributed by atoms with van der Waals surface area (Å²) >= 11 is 0. The Morgan fingerprint density at radius 3 is 2.19 bits per heavy atom.